The smallest absolute Gasteiger partial charge is 0.118 e. The van der Waals surface area contributed by atoms with Crippen molar-refractivity contribution in [3.05, 3.63) is 65.7 Å². The molecule has 2 nitrogen and oxygen atoms in total. The predicted octanol–water partition coefficient (Wildman–Crippen LogP) is 3.54. The summed E-state index contributed by atoms with van der Waals surface area (Å²) in [5, 5.41) is 10.6. The van der Waals surface area contributed by atoms with Crippen molar-refractivity contribution in [1.29, 1.82) is 0 Å². The molecule has 19 heavy (non-hydrogen) atoms. The van der Waals surface area contributed by atoms with Crippen molar-refractivity contribution < 1.29 is 9.84 Å². The van der Waals surface area contributed by atoms with E-state index in [-0.39, 0.29) is 0 Å². The zero-order valence-corrected chi connectivity index (χ0v) is 11.5. The monoisotopic (exact) mass is 256 g/mol. The molecule has 0 unspecified atom stereocenters. The highest BCUT2D eigenvalue weighted by molar-refractivity contribution is 5.30. The van der Waals surface area contributed by atoms with Crippen LogP contribution >= 0.6 is 0 Å². The van der Waals surface area contributed by atoms with Crippen molar-refractivity contribution in [3.63, 3.8) is 0 Å². The Morgan fingerprint density at radius 3 is 2.21 bits per heavy atom. The van der Waals surface area contributed by atoms with Crippen LogP contribution in [0.25, 0.3) is 0 Å². The molecule has 2 heteroatoms. The summed E-state index contributed by atoms with van der Waals surface area (Å²) in [7, 11) is 1.64. The minimum Gasteiger partial charge on any atom is -0.497 e. The molecule has 0 bridgehead atoms. The molecule has 2 rings (SSSR count). The van der Waals surface area contributed by atoms with Crippen LogP contribution in [-0.4, -0.2) is 12.2 Å². The zero-order chi connectivity index (χ0) is 13.7. The summed E-state index contributed by atoms with van der Waals surface area (Å²) in [4.78, 5) is 0. The highest BCUT2D eigenvalue weighted by atomic mass is 16.5. The summed E-state index contributed by atoms with van der Waals surface area (Å²) in [5.74, 6) is 0.808. The Morgan fingerprint density at radius 2 is 1.63 bits per heavy atom. The van der Waals surface area contributed by atoms with Gasteiger partial charge in [0.1, 0.15) is 5.75 Å². The molecule has 0 aliphatic carbocycles. The van der Waals surface area contributed by atoms with Crippen LogP contribution in [0.15, 0.2) is 54.6 Å². The van der Waals surface area contributed by atoms with Crippen LogP contribution < -0.4 is 4.74 Å². The molecule has 0 saturated carbocycles. The van der Waals surface area contributed by atoms with Crippen LogP contribution in [0.5, 0.6) is 5.75 Å². The second-order valence-corrected chi connectivity index (χ2v) is 4.99. The van der Waals surface area contributed by atoms with Gasteiger partial charge in [-0.3, -0.25) is 0 Å². The third kappa shape index (κ3) is 3.58. The normalized spacial score (nSPS) is 13.8. The number of methoxy groups -OCH3 is 1. The first-order valence-corrected chi connectivity index (χ1v) is 6.53. The molecule has 0 aliphatic rings. The van der Waals surface area contributed by atoms with Crippen LogP contribution in [0.2, 0.25) is 0 Å². The van der Waals surface area contributed by atoms with Crippen molar-refractivity contribution in [2.45, 2.75) is 25.4 Å². The van der Waals surface area contributed by atoms with Crippen LogP contribution in [0.4, 0.5) is 0 Å². The molecule has 0 radical (unpaired) electrons. The highest BCUT2D eigenvalue weighted by Gasteiger charge is 2.22. The first-order chi connectivity index (χ1) is 9.12. The Bertz CT molecular complexity index is 501. The molecular formula is C17H20O2. The Kier molecular flexibility index (Phi) is 4.23. The van der Waals surface area contributed by atoms with Crippen LogP contribution in [-0.2, 0) is 12.0 Å². The fourth-order valence-corrected chi connectivity index (χ4v) is 2.13. The first kappa shape index (κ1) is 13.6. The average Bonchev–Trinajstić information content (AvgIpc) is 2.46. The number of aliphatic hydroxyl groups is 1. The topological polar surface area (TPSA) is 29.5 Å². The van der Waals surface area contributed by atoms with Gasteiger partial charge < -0.3 is 9.84 Å². The Labute approximate surface area is 114 Å². The van der Waals surface area contributed by atoms with Gasteiger partial charge in [0.15, 0.2) is 0 Å². The van der Waals surface area contributed by atoms with Crippen molar-refractivity contribution in [3.8, 4) is 5.75 Å². The summed E-state index contributed by atoms with van der Waals surface area (Å²) < 4.78 is 5.13. The fourth-order valence-electron chi connectivity index (χ4n) is 2.13. The number of rotatable bonds is 5. The first-order valence-electron chi connectivity index (χ1n) is 6.53. The van der Waals surface area contributed by atoms with Gasteiger partial charge in [0.05, 0.1) is 12.7 Å². The minimum atomic E-state index is -0.817. The number of ether oxygens (including phenoxy) is 1. The van der Waals surface area contributed by atoms with Gasteiger partial charge in [-0.05, 0) is 43.0 Å². The summed E-state index contributed by atoms with van der Waals surface area (Å²) in [6, 6.07) is 17.8. The molecule has 1 atom stereocenters. The number of hydrogen-bond donors (Lipinski definition) is 1. The van der Waals surface area contributed by atoms with Gasteiger partial charge in [0.25, 0.3) is 0 Å². The molecular weight excluding hydrogens is 236 g/mol. The third-order valence-corrected chi connectivity index (χ3v) is 3.46. The number of aryl methyl sites for hydroxylation is 1. The van der Waals surface area contributed by atoms with Gasteiger partial charge in [0.2, 0.25) is 0 Å². The fraction of sp³-hybridized carbons (Fsp3) is 0.294. The molecule has 2 aromatic rings. The lowest BCUT2D eigenvalue weighted by atomic mass is 9.89. The number of hydrogen-bond acceptors (Lipinski definition) is 2. The van der Waals surface area contributed by atoms with Crippen molar-refractivity contribution in [1.82, 2.24) is 0 Å². The highest BCUT2D eigenvalue weighted by Crippen LogP contribution is 2.27. The van der Waals surface area contributed by atoms with Gasteiger partial charge in [-0.15, -0.1) is 0 Å². The van der Waals surface area contributed by atoms with E-state index in [9.17, 15) is 5.11 Å². The average molecular weight is 256 g/mol. The Morgan fingerprint density at radius 1 is 1.00 bits per heavy atom. The summed E-state index contributed by atoms with van der Waals surface area (Å²) in [6.07, 6.45) is 1.56. The number of benzene rings is 2. The van der Waals surface area contributed by atoms with Crippen LogP contribution in [0.1, 0.15) is 24.5 Å². The van der Waals surface area contributed by atoms with E-state index in [1.807, 2.05) is 49.4 Å². The zero-order valence-electron chi connectivity index (χ0n) is 11.5. The van der Waals surface area contributed by atoms with E-state index in [1.54, 1.807) is 7.11 Å². The molecule has 0 aliphatic heterocycles. The molecule has 0 saturated heterocycles. The van der Waals surface area contributed by atoms with E-state index in [0.717, 1.165) is 17.7 Å². The summed E-state index contributed by atoms with van der Waals surface area (Å²) >= 11 is 0. The molecule has 0 amide bonds. The van der Waals surface area contributed by atoms with Gasteiger partial charge in [-0.25, -0.2) is 0 Å². The van der Waals surface area contributed by atoms with Gasteiger partial charge in [-0.1, -0.05) is 42.5 Å². The molecule has 2 aromatic carbocycles. The molecule has 0 heterocycles. The maximum Gasteiger partial charge on any atom is 0.118 e. The summed E-state index contributed by atoms with van der Waals surface area (Å²) in [5.41, 5.74) is 1.35. The van der Waals surface area contributed by atoms with E-state index in [2.05, 4.69) is 12.1 Å². The lowest BCUT2D eigenvalue weighted by molar-refractivity contribution is 0.0480. The minimum absolute atomic E-state index is 0.698. The van der Waals surface area contributed by atoms with E-state index in [4.69, 9.17) is 4.74 Å². The second kappa shape index (κ2) is 5.89. The molecule has 1 N–H and O–H groups in total. The predicted molar refractivity (Wildman–Crippen MR) is 77.3 cm³/mol. The Hall–Kier alpha value is -1.80. The lowest BCUT2D eigenvalue weighted by Gasteiger charge is -2.24. The molecule has 100 valence electrons. The lowest BCUT2D eigenvalue weighted by Crippen LogP contribution is -2.21. The SMILES string of the molecule is COc1ccc([C@](C)(O)CCc2ccccc2)cc1. The van der Waals surface area contributed by atoms with Gasteiger partial charge in [-0.2, -0.15) is 0 Å². The van der Waals surface area contributed by atoms with Gasteiger partial charge >= 0.3 is 0 Å². The van der Waals surface area contributed by atoms with Crippen LogP contribution in [0.3, 0.4) is 0 Å². The summed E-state index contributed by atoms with van der Waals surface area (Å²) in [6.45, 7) is 1.86. The van der Waals surface area contributed by atoms with Crippen molar-refractivity contribution in [2.75, 3.05) is 7.11 Å². The quantitative estimate of drug-likeness (QED) is 0.886. The standard InChI is InChI=1S/C17H20O2/c1-17(18,13-12-14-6-4-3-5-7-14)15-8-10-16(19-2)11-9-15/h3-11,18H,12-13H2,1-2H3/t17-/m1/s1. The Balaban J connectivity index is 2.04. The largest absolute Gasteiger partial charge is 0.497 e. The second-order valence-electron chi connectivity index (χ2n) is 4.99. The van der Waals surface area contributed by atoms with Crippen molar-refractivity contribution in [2.24, 2.45) is 0 Å². The van der Waals surface area contributed by atoms with E-state index < -0.39 is 5.60 Å². The molecule has 0 spiro atoms. The third-order valence-electron chi connectivity index (χ3n) is 3.46. The van der Waals surface area contributed by atoms with E-state index in [0.29, 0.717) is 6.42 Å². The van der Waals surface area contributed by atoms with Crippen molar-refractivity contribution >= 4 is 0 Å². The van der Waals surface area contributed by atoms with E-state index >= 15 is 0 Å². The van der Waals surface area contributed by atoms with E-state index in [1.165, 1.54) is 5.56 Å². The maximum absolute atomic E-state index is 10.6. The van der Waals surface area contributed by atoms with Gasteiger partial charge in [0, 0.05) is 0 Å². The maximum atomic E-state index is 10.6. The molecule has 0 aromatic heterocycles. The molecule has 0 fully saturated rings. The van der Waals surface area contributed by atoms with Crippen LogP contribution in [0, 0.1) is 0 Å².